The molecule has 0 rings (SSSR count). The molecule has 0 fully saturated rings. The zero-order valence-electron chi connectivity index (χ0n) is 6.71. The summed E-state index contributed by atoms with van der Waals surface area (Å²) >= 11 is 5.66. The predicted molar refractivity (Wildman–Crippen MR) is 46.8 cm³/mol. The standard InChI is InChI=1S/C6H13ClO3Si/c1-5(2)6(8)10-4-11(7)9-3/h6,8,11H,1,4H2,2-3H3. The van der Waals surface area contributed by atoms with Crippen LogP contribution in [0.4, 0.5) is 0 Å². The Morgan fingerprint density at radius 3 is 2.73 bits per heavy atom. The molecule has 2 unspecified atom stereocenters. The second-order valence-electron chi connectivity index (χ2n) is 2.18. The van der Waals surface area contributed by atoms with E-state index in [0.29, 0.717) is 5.57 Å². The molecular weight excluding hydrogens is 184 g/mol. The molecule has 0 aliphatic heterocycles. The minimum absolute atomic E-state index is 0.284. The SMILES string of the molecule is C=C(C)C(O)OC[SiH](Cl)OC. The van der Waals surface area contributed by atoms with Crippen molar-refractivity contribution in [1.82, 2.24) is 0 Å². The van der Waals surface area contributed by atoms with Gasteiger partial charge in [0.1, 0.15) is 0 Å². The molecular formula is C6H13ClO3Si. The molecule has 0 aromatic heterocycles. The fraction of sp³-hybridized carbons (Fsp3) is 0.667. The van der Waals surface area contributed by atoms with Gasteiger partial charge >= 0.3 is 0 Å². The molecule has 66 valence electrons. The Morgan fingerprint density at radius 2 is 2.36 bits per heavy atom. The third-order valence-corrected chi connectivity index (χ3v) is 2.94. The maximum absolute atomic E-state index is 9.06. The van der Waals surface area contributed by atoms with Gasteiger partial charge in [-0.05, 0) is 12.5 Å². The van der Waals surface area contributed by atoms with E-state index in [1.165, 1.54) is 7.11 Å². The molecule has 5 heteroatoms. The van der Waals surface area contributed by atoms with E-state index in [-0.39, 0.29) is 6.23 Å². The smallest absolute Gasteiger partial charge is 0.299 e. The summed E-state index contributed by atoms with van der Waals surface area (Å²) in [7, 11) is -0.202. The average molecular weight is 197 g/mol. The Bertz CT molecular complexity index is 131. The van der Waals surface area contributed by atoms with Crippen LogP contribution in [-0.4, -0.2) is 33.1 Å². The molecule has 0 amide bonds. The largest absolute Gasteiger partial charge is 0.407 e. The van der Waals surface area contributed by atoms with E-state index in [0.717, 1.165) is 0 Å². The van der Waals surface area contributed by atoms with Gasteiger partial charge in [0.15, 0.2) is 6.29 Å². The minimum atomic E-state index is -1.73. The summed E-state index contributed by atoms with van der Waals surface area (Å²) in [6.07, 6.45) is -0.634. The van der Waals surface area contributed by atoms with Crippen LogP contribution in [0.25, 0.3) is 0 Å². The third-order valence-electron chi connectivity index (χ3n) is 1.06. The molecule has 2 atom stereocenters. The summed E-state index contributed by atoms with van der Waals surface area (Å²) in [4.78, 5) is 0. The van der Waals surface area contributed by atoms with Crippen LogP contribution < -0.4 is 0 Å². The van der Waals surface area contributed by atoms with Gasteiger partial charge < -0.3 is 14.3 Å². The maximum atomic E-state index is 9.06. The molecule has 0 saturated heterocycles. The third kappa shape index (κ3) is 5.40. The van der Waals surface area contributed by atoms with E-state index in [4.69, 9.17) is 25.3 Å². The van der Waals surface area contributed by atoms with E-state index in [2.05, 4.69) is 6.58 Å². The number of rotatable bonds is 5. The predicted octanol–water partition coefficient (Wildman–Crippen LogP) is 0.542. The molecule has 0 bridgehead atoms. The van der Waals surface area contributed by atoms with Crippen LogP contribution in [0.3, 0.4) is 0 Å². The van der Waals surface area contributed by atoms with Crippen molar-refractivity contribution in [3.8, 4) is 0 Å². The Morgan fingerprint density at radius 1 is 1.82 bits per heavy atom. The molecule has 0 spiro atoms. The van der Waals surface area contributed by atoms with Crippen molar-refractivity contribution >= 4 is 19.4 Å². The topological polar surface area (TPSA) is 38.7 Å². The minimum Gasteiger partial charge on any atom is -0.407 e. The van der Waals surface area contributed by atoms with Crippen molar-refractivity contribution in [1.29, 1.82) is 0 Å². The van der Waals surface area contributed by atoms with Crippen LogP contribution in [0.5, 0.6) is 0 Å². The second-order valence-corrected chi connectivity index (χ2v) is 5.26. The summed E-state index contributed by atoms with van der Waals surface area (Å²) in [5.74, 6) is 0. The van der Waals surface area contributed by atoms with Crippen LogP contribution in [0.15, 0.2) is 12.2 Å². The molecule has 3 nitrogen and oxygen atoms in total. The van der Waals surface area contributed by atoms with Crippen molar-refractivity contribution in [2.24, 2.45) is 0 Å². The Labute approximate surface area is 73.0 Å². The highest BCUT2D eigenvalue weighted by molar-refractivity contribution is 7.03. The van der Waals surface area contributed by atoms with Crippen LogP contribution >= 0.6 is 11.1 Å². The average Bonchev–Trinajstić information content (AvgIpc) is 1.99. The van der Waals surface area contributed by atoms with Gasteiger partial charge in [-0.2, -0.15) is 0 Å². The van der Waals surface area contributed by atoms with Crippen molar-refractivity contribution in [3.05, 3.63) is 12.2 Å². The van der Waals surface area contributed by atoms with Gasteiger partial charge in [-0.1, -0.05) is 6.58 Å². The number of hydrogen-bond donors (Lipinski definition) is 1. The van der Waals surface area contributed by atoms with Gasteiger partial charge in [0.05, 0.1) is 6.23 Å². The lowest BCUT2D eigenvalue weighted by Gasteiger charge is -2.12. The molecule has 0 radical (unpaired) electrons. The Balaban J connectivity index is 3.45. The quantitative estimate of drug-likeness (QED) is 0.302. The van der Waals surface area contributed by atoms with Crippen LogP contribution in [-0.2, 0) is 9.16 Å². The lowest BCUT2D eigenvalue weighted by atomic mass is 10.3. The molecule has 1 N–H and O–H groups in total. The number of hydrogen-bond acceptors (Lipinski definition) is 3. The lowest BCUT2D eigenvalue weighted by molar-refractivity contribution is -0.0565. The molecule has 0 heterocycles. The van der Waals surface area contributed by atoms with Gasteiger partial charge in [-0.25, -0.2) is 0 Å². The van der Waals surface area contributed by atoms with E-state index in [9.17, 15) is 0 Å². The normalized spacial score (nSPS) is 16.0. The zero-order valence-corrected chi connectivity index (χ0v) is 8.62. The van der Waals surface area contributed by atoms with Gasteiger partial charge in [-0.15, -0.1) is 11.1 Å². The van der Waals surface area contributed by atoms with Gasteiger partial charge in [0, 0.05) is 7.11 Å². The molecule has 11 heavy (non-hydrogen) atoms. The molecule has 0 saturated carbocycles. The number of ether oxygens (including phenoxy) is 1. The van der Waals surface area contributed by atoms with Crippen molar-refractivity contribution < 1.29 is 14.3 Å². The maximum Gasteiger partial charge on any atom is 0.299 e. The number of aliphatic hydroxyl groups excluding tert-OH is 1. The molecule has 0 aromatic rings. The highest BCUT2D eigenvalue weighted by atomic mass is 35.6. The molecule has 0 aliphatic carbocycles. The number of aliphatic hydroxyl groups is 1. The van der Waals surface area contributed by atoms with Crippen LogP contribution in [0, 0.1) is 0 Å². The van der Waals surface area contributed by atoms with Crippen molar-refractivity contribution in [3.63, 3.8) is 0 Å². The first-order valence-electron chi connectivity index (χ1n) is 3.20. The number of halogens is 1. The highest BCUT2D eigenvalue weighted by Gasteiger charge is 2.10. The Hall–Kier alpha value is 0.127. The monoisotopic (exact) mass is 196 g/mol. The van der Waals surface area contributed by atoms with E-state index >= 15 is 0 Å². The fourth-order valence-electron chi connectivity index (χ4n) is 0.377. The molecule has 0 aliphatic rings. The van der Waals surface area contributed by atoms with E-state index in [1.807, 2.05) is 0 Å². The molecule has 0 aromatic carbocycles. The zero-order chi connectivity index (χ0) is 8.85. The summed E-state index contributed by atoms with van der Waals surface area (Å²) < 4.78 is 9.74. The summed E-state index contributed by atoms with van der Waals surface area (Å²) in [5, 5.41) is 9.06. The highest BCUT2D eigenvalue weighted by Crippen LogP contribution is 2.01. The van der Waals surface area contributed by atoms with Crippen molar-refractivity contribution in [2.75, 3.05) is 13.3 Å². The summed E-state index contributed by atoms with van der Waals surface area (Å²) in [6, 6.07) is 0. The van der Waals surface area contributed by atoms with Crippen LogP contribution in [0.1, 0.15) is 6.92 Å². The summed E-state index contributed by atoms with van der Waals surface area (Å²) in [6.45, 7) is 5.20. The lowest BCUT2D eigenvalue weighted by Crippen LogP contribution is -2.23. The Kier molecular flexibility index (Phi) is 5.80. The second kappa shape index (κ2) is 5.74. The van der Waals surface area contributed by atoms with Crippen LogP contribution in [0.2, 0.25) is 0 Å². The van der Waals surface area contributed by atoms with Gasteiger partial charge in [-0.3, -0.25) is 0 Å². The fourth-order valence-corrected chi connectivity index (χ4v) is 1.06. The first-order chi connectivity index (χ1) is 5.07. The van der Waals surface area contributed by atoms with Gasteiger partial charge in [0.25, 0.3) is 8.35 Å². The first kappa shape index (κ1) is 11.1. The van der Waals surface area contributed by atoms with Crippen molar-refractivity contribution in [2.45, 2.75) is 13.2 Å². The van der Waals surface area contributed by atoms with E-state index in [1.54, 1.807) is 6.92 Å². The summed E-state index contributed by atoms with van der Waals surface area (Å²) in [5.41, 5.74) is 0.568. The van der Waals surface area contributed by atoms with E-state index < -0.39 is 14.6 Å². The van der Waals surface area contributed by atoms with Gasteiger partial charge in [0.2, 0.25) is 0 Å². The first-order valence-corrected chi connectivity index (χ1v) is 6.23.